The Morgan fingerprint density at radius 1 is 1.11 bits per heavy atom. The summed E-state index contributed by atoms with van der Waals surface area (Å²) in [5, 5.41) is 0. The lowest BCUT2D eigenvalue weighted by atomic mass is 9.89. The zero-order valence-electron chi connectivity index (χ0n) is 12.8. The summed E-state index contributed by atoms with van der Waals surface area (Å²) >= 11 is 0. The molecule has 0 aliphatic rings. The summed E-state index contributed by atoms with van der Waals surface area (Å²) in [5.41, 5.74) is -1.34. The van der Waals surface area contributed by atoms with E-state index < -0.39 is 21.1 Å². The van der Waals surface area contributed by atoms with E-state index in [1.807, 2.05) is 27.7 Å². The molecule has 0 aromatic rings. The van der Waals surface area contributed by atoms with E-state index in [2.05, 4.69) is 4.18 Å². The van der Waals surface area contributed by atoms with Gasteiger partial charge in [0.05, 0.1) is 18.3 Å². The van der Waals surface area contributed by atoms with Gasteiger partial charge in [0.15, 0.2) is 0 Å². The molecule has 1 unspecified atom stereocenters. The van der Waals surface area contributed by atoms with Crippen molar-refractivity contribution in [2.24, 2.45) is 5.41 Å². The van der Waals surface area contributed by atoms with Crippen molar-refractivity contribution in [2.75, 3.05) is 12.9 Å². The lowest BCUT2D eigenvalue weighted by molar-refractivity contribution is -0.169. The first-order valence-corrected chi connectivity index (χ1v) is 8.11. The smallest absolute Gasteiger partial charge is 0.312 e. The summed E-state index contributed by atoms with van der Waals surface area (Å²) in [6.45, 7) is 9.17. The molecule has 0 saturated carbocycles. The zero-order valence-corrected chi connectivity index (χ0v) is 13.6. The number of hydrogen-bond acceptors (Lipinski definition) is 5. The normalized spacial score (nSPS) is 15.9. The second-order valence-corrected chi connectivity index (χ2v) is 7.47. The molecule has 0 rings (SSSR count). The Kier molecular flexibility index (Phi) is 6.48. The van der Waals surface area contributed by atoms with Crippen LogP contribution in [-0.2, 0) is 23.8 Å². The molecule has 0 amide bonds. The van der Waals surface area contributed by atoms with Crippen LogP contribution in [0.3, 0.4) is 0 Å². The lowest BCUT2D eigenvalue weighted by Gasteiger charge is -2.32. The number of hydrogen-bond donors (Lipinski definition) is 0. The van der Waals surface area contributed by atoms with E-state index in [1.54, 1.807) is 6.92 Å². The Balaban J connectivity index is 4.76. The minimum atomic E-state index is -3.53. The van der Waals surface area contributed by atoms with E-state index in [1.165, 1.54) is 0 Å². The van der Waals surface area contributed by atoms with Crippen LogP contribution in [0.25, 0.3) is 0 Å². The summed E-state index contributed by atoms with van der Waals surface area (Å²) in [6.07, 6.45) is 1.45. The zero-order chi connectivity index (χ0) is 15.3. The lowest BCUT2D eigenvalue weighted by Crippen LogP contribution is -2.38. The highest BCUT2D eigenvalue weighted by Gasteiger charge is 2.35. The van der Waals surface area contributed by atoms with Crippen molar-refractivity contribution in [1.82, 2.24) is 0 Å². The molecule has 1 atom stereocenters. The van der Waals surface area contributed by atoms with Crippen molar-refractivity contribution in [3.63, 3.8) is 0 Å². The molecule has 0 heterocycles. The van der Waals surface area contributed by atoms with Crippen molar-refractivity contribution in [2.45, 2.75) is 59.5 Å². The van der Waals surface area contributed by atoms with Crippen LogP contribution in [0.2, 0.25) is 0 Å². The molecule has 114 valence electrons. The summed E-state index contributed by atoms with van der Waals surface area (Å²) in [6, 6.07) is 0. The number of rotatable bonds is 8. The van der Waals surface area contributed by atoms with Gasteiger partial charge in [0.1, 0.15) is 5.60 Å². The summed E-state index contributed by atoms with van der Waals surface area (Å²) in [7, 11) is -2.40. The molecule has 0 aromatic carbocycles. The molecule has 0 bridgehead atoms. The van der Waals surface area contributed by atoms with Gasteiger partial charge in [0, 0.05) is 6.42 Å². The van der Waals surface area contributed by atoms with Gasteiger partial charge in [-0.05, 0) is 33.6 Å². The number of carbonyl (C=O) groups is 1. The van der Waals surface area contributed by atoms with Crippen molar-refractivity contribution in [3.8, 4) is 0 Å². The Morgan fingerprint density at radius 2 is 1.63 bits per heavy atom. The van der Waals surface area contributed by atoms with Crippen LogP contribution in [0.1, 0.15) is 53.9 Å². The number of ether oxygens (including phenoxy) is 1. The van der Waals surface area contributed by atoms with Crippen LogP contribution in [-0.4, -0.2) is 32.9 Å². The van der Waals surface area contributed by atoms with Gasteiger partial charge in [-0.1, -0.05) is 13.8 Å². The largest absolute Gasteiger partial charge is 0.459 e. The van der Waals surface area contributed by atoms with Crippen LogP contribution in [0.15, 0.2) is 0 Å². The molecular formula is C13H26O5S. The molecule has 0 N–H and O–H groups in total. The van der Waals surface area contributed by atoms with Gasteiger partial charge < -0.3 is 4.74 Å². The fourth-order valence-electron chi connectivity index (χ4n) is 1.23. The highest BCUT2D eigenvalue weighted by molar-refractivity contribution is 7.86. The van der Waals surface area contributed by atoms with Crippen LogP contribution in [0.5, 0.6) is 0 Å². The second kappa shape index (κ2) is 6.70. The van der Waals surface area contributed by atoms with Crippen LogP contribution in [0, 0.1) is 5.41 Å². The maximum Gasteiger partial charge on any atom is 0.312 e. The van der Waals surface area contributed by atoms with Gasteiger partial charge >= 0.3 is 5.97 Å². The van der Waals surface area contributed by atoms with Gasteiger partial charge in [-0.2, -0.15) is 8.42 Å². The van der Waals surface area contributed by atoms with Gasteiger partial charge in [0.25, 0.3) is 10.1 Å². The third-order valence-corrected chi connectivity index (χ3v) is 4.87. The Morgan fingerprint density at radius 3 is 2.00 bits per heavy atom. The highest BCUT2D eigenvalue weighted by atomic mass is 32.2. The topological polar surface area (TPSA) is 69.7 Å². The molecule has 0 fully saturated rings. The first-order valence-electron chi connectivity index (χ1n) is 6.53. The van der Waals surface area contributed by atoms with Crippen molar-refractivity contribution >= 4 is 16.1 Å². The van der Waals surface area contributed by atoms with Gasteiger partial charge in [0.2, 0.25) is 0 Å². The van der Waals surface area contributed by atoms with Crippen LogP contribution < -0.4 is 0 Å². The minimum Gasteiger partial charge on any atom is -0.459 e. The van der Waals surface area contributed by atoms with Crippen molar-refractivity contribution in [3.05, 3.63) is 0 Å². The van der Waals surface area contributed by atoms with Crippen LogP contribution >= 0.6 is 0 Å². The van der Waals surface area contributed by atoms with E-state index in [4.69, 9.17) is 4.74 Å². The predicted octanol–water partition coefficient (Wildman–Crippen LogP) is 2.50. The monoisotopic (exact) mass is 294 g/mol. The minimum absolute atomic E-state index is 0.159. The molecule has 5 nitrogen and oxygen atoms in total. The van der Waals surface area contributed by atoms with Crippen molar-refractivity contribution < 1.29 is 22.1 Å². The first kappa shape index (κ1) is 18.4. The fourth-order valence-corrected chi connectivity index (χ4v) is 2.08. The molecule has 0 aromatic heterocycles. The average molecular weight is 294 g/mol. The Bertz CT molecular complexity index is 399. The quantitative estimate of drug-likeness (QED) is 0.508. The van der Waals surface area contributed by atoms with E-state index >= 15 is 0 Å². The third-order valence-electron chi connectivity index (χ3n) is 3.66. The maximum absolute atomic E-state index is 12.1. The predicted molar refractivity (Wildman–Crippen MR) is 74.3 cm³/mol. The molecule has 0 spiro atoms. The van der Waals surface area contributed by atoms with E-state index in [0.29, 0.717) is 12.8 Å². The Labute approximate surface area is 116 Å². The summed E-state index contributed by atoms with van der Waals surface area (Å²) in [4.78, 5) is 12.1. The third kappa shape index (κ3) is 5.91. The fraction of sp³-hybridized carbons (Fsp3) is 0.923. The molecule has 0 aliphatic carbocycles. The molecule has 0 saturated heterocycles. The second-order valence-electron chi connectivity index (χ2n) is 5.61. The van der Waals surface area contributed by atoms with Crippen molar-refractivity contribution in [1.29, 1.82) is 0 Å². The average Bonchev–Trinajstić information content (AvgIpc) is 2.36. The molecule has 6 heteroatoms. The Hall–Kier alpha value is -0.620. The summed E-state index contributed by atoms with van der Waals surface area (Å²) < 4.78 is 32.6. The summed E-state index contributed by atoms with van der Waals surface area (Å²) in [5.74, 6) is -0.456. The molecule has 0 aliphatic heterocycles. The molecular weight excluding hydrogens is 268 g/mol. The number of esters is 1. The van der Waals surface area contributed by atoms with E-state index in [9.17, 15) is 13.2 Å². The molecule has 0 radical (unpaired) electrons. The number of carbonyl (C=O) groups excluding carboxylic acids is 1. The van der Waals surface area contributed by atoms with E-state index in [0.717, 1.165) is 7.11 Å². The van der Waals surface area contributed by atoms with Gasteiger partial charge in [-0.25, -0.2) is 0 Å². The van der Waals surface area contributed by atoms with E-state index in [-0.39, 0.29) is 18.1 Å². The van der Waals surface area contributed by atoms with Gasteiger partial charge in [-0.15, -0.1) is 0 Å². The SMILES string of the molecule is CCC(C)(CCS(=O)(=O)OC)OC(=O)C(C)(C)CC. The van der Waals surface area contributed by atoms with Crippen LogP contribution in [0.4, 0.5) is 0 Å². The highest BCUT2D eigenvalue weighted by Crippen LogP contribution is 2.28. The maximum atomic E-state index is 12.1. The standard InChI is InChI=1S/C13H26O5S/c1-7-12(3,4)11(14)18-13(5,8-2)9-10-19(15,16)17-6/h7-10H2,1-6H3. The van der Waals surface area contributed by atoms with Gasteiger partial charge in [-0.3, -0.25) is 8.98 Å². The molecule has 19 heavy (non-hydrogen) atoms. The first-order chi connectivity index (χ1) is 8.52.